The second-order valence-corrected chi connectivity index (χ2v) is 8.72. The Balaban J connectivity index is 2.07. The summed E-state index contributed by atoms with van der Waals surface area (Å²) < 4.78 is 33.2. The fourth-order valence-electron chi connectivity index (χ4n) is 2.53. The van der Waals surface area contributed by atoms with Crippen LogP contribution in [0.4, 0.5) is 0 Å². The standard InChI is InChI=1S/C18H23NO4S2/c1-5-23-18-12(2)10-16(11-13(18)3)25(21,22)19-9-8-15-6-7-17(24-15)14(4)20/h6-7,10-11,19H,5,8-9H2,1-4H3. The van der Waals surface area contributed by atoms with E-state index in [1.54, 1.807) is 18.2 Å². The predicted molar refractivity (Wildman–Crippen MR) is 100 cm³/mol. The van der Waals surface area contributed by atoms with E-state index in [0.717, 1.165) is 21.8 Å². The summed E-state index contributed by atoms with van der Waals surface area (Å²) in [5.74, 6) is 0.758. The molecule has 136 valence electrons. The molecule has 1 aromatic heterocycles. The van der Waals surface area contributed by atoms with Gasteiger partial charge in [0.2, 0.25) is 10.0 Å². The SMILES string of the molecule is CCOc1c(C)cc(S(=O)(=O)NCCc2ccc(C(C)=O)s2)cc1C. The molecule has 0 aliphatic rings. The number of Topliss-reactive ketones (excluding diaryl/α,β-unsaturated/α-hetero) is 1. The highest BCUT2D eigenvalue weighted by molar-refractivity contribution is 7.89. The fourth-order valence-corrected chi connectivity index (χ4v) is 4.63. The number of sulfonamides is 1. The van der Waals surface area contributed by atoms with Gasteiger partial charge in [-0.3, -0.25) is 4.79 Å². The molecule has 1 N–H and O–H groups in total. The van der Waals surface area contributed by atoms with Crippen LogP contribution in [0.5, 0.6) is 5.75 Å². The van der Waals surface area contributed by atoms with E-state index in [0.29, 0.717) is 17.9 Å². The maximum absolute atomic E-state index is 12.5. The molecule has 5 nitrogen and oxygen atoms in total. The summed E-state index contributed by atoms with van der Waals surface area (Å²) >= 11 is 1.40. The predicted octanol–water partition coefficient (Wildman–Crippen LogP) is 3.49. The Bertz CT molecular complexity index is 846. The normalized spacial score (nSPS) is 11.5. The van der Waals surface area contributed by atoms with Crippen molar-refractivity contribution in [3.8, 4) is 5.75 Å². The molecule has 25 heavy (non-hydrogen) atoms. The molecule has 0 atom stereocenters. The van der Waals surface area contributed by atoms with Crippen LogP contribution >= 0.6 is 11.3 Å². The highest BCUT2D eigenvalue weighted by Crippen LogP contribution is 2.27. The fraction of sp³-hybridized carbons (Fsp3) is 0.389. The van der Waals surface area contributed by atoms with Crippen LogP contribution in [0.15, 0.2) is 29.2 Å². The molecular weight excluding hydrogens is 358 g/mol. The average Bonchev–Trinajstić information content (AvgIpc) is 2.99. The van der Waals surface area contributed by atoms with Crippen molar-refractivity contribution in [2.24, 2.45) is 0 Å². The Morgan fingerprint density at radius 3 is 2.36 bits per heavy atom. The van der Waals surface area contributed by atoms with Crippen molar-refractivity contribution in [2.45, 2.75) is 39.0 Å². The molecular formula is C18H23NO4S2. The van der Waals surface area contributed by atoms with Gasteiger partial charge in [0.05, 0.1) is 16.4 Å². The zero-order valence-electron chi connectivity index (χ0n) is 14.9. The van der Waals surface area contributed by atoms with Crippen LogP contribution in [0.1, 0.15) is 39.5 Å². The molecule has 0 saturated heterocycles. The van der Waals surface area contributed by atoms with Gasteiger partial charge >= 0.3 is 0 Å². The lowest BCUT2D eigenvalue weighted by atomic mass is 10.1. The monoisotopic (exact) mass is 381 g/mol. The average molecular weight is 382 g/mol. The third-order valence-electron chi connectivity index (χ3n) is 3.70. The first-order valence-corrected chi connectivity index (χ1v) is 10.4. The molecule has 2 rings (SSSR count). The van der Waals surface area contributed by atoms with E-state index >= 15 is 0 Å². The molecule has 0 saturated carbocycles. The van der Waals surface area contributed by atoms with Gasteiger partial charge in [0, 0.05) is 11.4 Å². The highest BCUT2D eigenvalue weighted by atomic mass is 32.2. The van der Waals surface area contributed by atoms with Gasteiger partial charge in [-0.2, -0.15) is 0 Å². The number of ether oxygens (including phenoxy) is 1. The van der Waals surface area contributed by atoms with Crippen LogP contribution in [0.2, 0.25) is 0 Å². The molecule has 0 radical (unpaired) electrons. The van der Waals surface area contributed by atoms with Gasteiger partial charge in [0.25, 0.3) is 0 Å². The van der Waals surface area contributed by atoms with Crippen LogP contribution in [-0.4, -0.2) is 27.4 Å². The van der Waals surface area contributed by atoms with Crippen LogP contribution in [0.25, 0.3) is 0 Å². The maximum Gasteiger partial charge on any atom is 0.240 e. The smallest absolute Gasteiger partial charge is 0.240 e. The van der Waals surface area contributed by atoms with Crippen molar-refractivity contribution in [3.63, 3.8) is 0 Å². The minimum absolute atomic E-state index is 0.0252. The number of thiophene rings is 1. The third kappa shape index (κ3) is 4.90. The van der Waals surface area contributed by atoms with E-state index in [1.165, 1.54) is 18.3 Å². The lowest BCUT2D eigenvalue weighted by Gasteiger charge is -2.13. The largest absolute Gasteiger partial charge is 0.493 e. The van der Waals surface area contributed by atoms with Crippen molar-refractivity contribution in [3.05, 3.63) is 45.1 Å². The Hall–Kier alpha value is -1.70. The number of hydrogen-bond acceptors (Lipinski definition) is 5. The molecule has 0 unspecified atom stereocenters. The zero-order valence-corrected chi connectivity index (χ0v) is 16.5. The Morgan fingerprint density at radius 2 is 1.84 bits per heavy atom. The van der Waals surface area contributed by atoms with Crippen molar-refractivity contribution in [1.29, 1.82) is 0 Å². The molecule has 2 aromatic rings. The Kier molecular flexibility index (Phi) is 6.37. The summed E-state index contributed by atoms with van der Waals surface area (Å²) in [6.07, 6.45) is 0.548. The third-order valence-corrected chi connectivity index (χ3v) is 6.39. The van der Waals surface area contributed by atoms with Crippen LogP contribution in [-0.2, 0) is 16.4 Å². The molecule has 0 fully saturated rings. The van der Waals surface area contributed by atoms with Crippen molar-refractivity contribution < 1.29 is 17.9 Å². The summed E-state index contributed by atoms with van der Waals surface area (Å²) in [5.41, 5.74) is 1.60. The zero-order chi connectivity index (χ0) is 18.6. The lowest BCUT2D eigenvalue weighted by molar-refractivity contribution is 0.102. The van der Waals surface area contributed by atoms with Crippen LogP contribution < -0.4 is 9.46 Å². The van der Waals surface area contributed by atoms with Gasteiger partial charge in [0.15, 0.2) is 5.78 Å². The van der Waals surface area contributed by atoms with E-state index < -0.39 is 10.0 Å². The van der Waals surface area contributed by atoms with Crippen molar-refractivity contribution in [2.75, 3.05) is 13.2 Å². The van der Waals surface area contributed by atoms with E-state index in [2.05, 4.69) is 4.72 Å². The summed E-state index contributed by atoms with van der Waals surface area (Å²) in [5, 5.41) is 0. The number of rotatable bonds is 8. The molecule has 0 bridgehead atoms. The Morgan fingerprint density at radius 1 is 1.20 bits per heavy atom. The molecule has 0 aliphatic heterocycles. The summed E-state index contributed by atoms with van der Waals surface area (Å²) in [4.78, 5) is 13.2. The molecule has 0 spiro atoms. The van der Waals surface area contributed by atoms with Gasteiger partial charge in [0.1, 0.15) is 5.75 Å². The van der Waals surface area contributed by atoms with Gasteiger partial charge in [-0.05, 0) is 69.5 Å². The van der Waals surface area contributed by atoms with E-state index in [4.69, 9.17) is 4.74 Å². The first-order valence-electron chi connectivity index (χ1n) is 8.08. The minimum atomic E-state index is -3.58. The second kappa shape index (κ2) is 8.12. The molecule has 7 heteroatoms. The summed E-state index contributed by atoms with van der Waals surface area (Å²) in [6, 6.07) is 6.88. The van der Waals surface area contributed by atoms with Crippen LogP contribution in [0, 0.1) is 13.8 Å². The van der Waals surface area contributed by atoms with Gasteiger partial charge < -0.3 is 4.74 Å². The second-order valence-electron chi connectivity index (χ2n) is 5.79. The quantitative estimate of drug-likeness (QED) is 0.711. The lowest BCUT2D eigenvalue weighted by Crippen LogP contribution is -2.26. The minimum Gasteiger partial charge on any atom is -0.493 e. The molecule has 0 amide bonds. The number of aryl methyl sites for hydroxylation is 2. The first kappa shape index (κ1) is 19.6. The van der Waals surface area contributed by atoms with Crippen molar-refractivity contribution in [1.82, 2.24) is 4.72 Å². The van der Waals surface area contributed by atoms with Crippen LogP contribution in [0.3, 0.4) is 0 Å². The number of ketones is 1. The van der Waals surface area contributed by atoms with E-state index in [1.807, 2.05) is 26.8 Å². The Labute approximate surface area is 153 Å². The maximum atomic E-state index is 12.5. The number of carbonyl (C=O) groups excluding carboxylic acids is 1. The van der Waals surface area contributed by atoms with E-state index in [9.17, 15) is 13.2 Å². The van der Waals surface area contributed by atoms with Gasteiger partial charge in [-0.15, -0.1) is 11.3 Å². The van der Waals surface area contributed by atoms with Gasteiger partial charge in [-0.1, -0.05) is 0 Å². The number of hydrogen-bond donors (Lipinski definition) is 1. The summed E-state index contributed by atoms with van der Waals surface area (Å²) in [7, 11) is -3.58. The number of nitrogens with one attached hydrogen (secondary N) is 1. The van der Waals surface area contributed by atoms with Crippen molar-refractivity contribution >= 4 is 27.1 Å². The molecule has 1 aromatic carbocycles. The number of benzene rings is 1. The summed E-state index contributed by atoms with van der Waals surface area (Å²) in [6.45, 7) is 7.92. The topological polar surface area (TPSA) is 72.5 Å². The molecule has 1 heterocycles. The molecule has 0 aliphatic carbocycles. The van der Waals surface area contributed by atoms with Gasteiger partial charge in [-0.25, -0.2) is 13.1 Å². The number of carbonyl (C=O) groups is 1. The van der Waals surface area contributed by atoms with E-state index in [-0.39, 0.29) is 17.2 Å². The highest BCUT2D eigenvalue weighted by Gasteiger charge is 2.17. The first-order chi connectivity index (χ1) is 11.7.